The van der Waals surface area contributed by atoms with Crippen LogP contribution in [0.2, 0.25) is 0 Å². The van der Waals surface area contributed by atoms with E-state index in [1.54, 1.807) is 6.07 Å². The van der Waals surface area contributed by atoms with Crippen LogP contribution < -0.4 is 10.5 Å². The van der Waals surface area contributed by atoms with Crippen molar-refractivity contribution in [1.29, 1.82) is 0 Å². The van der Waals surface area contributed by atoms with Gasteiger partial charge >= 0.3 is 0 Å². The maximum absolute atomic E-state index is 11.2. The lowest BCUT2D eigenvalue weighted by Gasteiger charge is -2.02. The molecule has 1 heterocycles. The summed E-state index contributed by atoms with van der Waals surface area (Å²) in [6, 6.07) is 1.56. The highest BCUT2D eigenvalue weighted by molar-refractivity contribution is 7.92. The van der Waals surface area contributed by atoms with Crippen molar-refractivity contribution in [3.63, 3.8) is 0 Å². The molecule has 0 saturated heterocycles. The second kappa shape index (κ2) is 4.49. The smallest absolute Gasteiger partial charge is 0.218 e. The van der Waals surface area contributed by atoms with Crippen LogP contribution in [0.1, 0.15) is 5.69 Å². The first-order valence-corrected chi connectivity index (χ1v) is 5.70. The van der Waals surface area contributed by atoms with Crippen molar-refractivity contribution in [2.24, 2.45) is 5.73 Å². The number of nitrogens with two attached hydrogens (primary N) is 1. The Labute approximate surface area is 86.5 Å². The number of aromatic nitrogens is 1. The van der Waals surface area contributed by atoms with Gasteiger partial charge in [-0.3, -0.25) is 0 Å². The summed E-state index contributed by atoms with van der Waals surface area (Å²) in [7, 11) is -3.45. The fraction of sp³-hybridized carbons (Fsp3) is 0.333. The number of sulfonamides is 1. The second-order valence-electron chi connectivity index (χ2n) is 2.54. The van der Waals surface area contributed by atoms with Gasteiger partial charge in [-0.2, -0.15) is 0 Å². The van der Waals surface area contributed by atoms with Gasteiger partial charge in [-0.15, -0.1) is 0 Å². The van der Waals surface area contributed by atoms with E-state index in [2.05, 4.69) is 26.6 Å². The van der Waals surface area contributed by atoms with Crippen molar-refractivity contribution in [2.75, 3.05) is 5.75 Å². The molecule has 1 aromatic heterocycles. The van der Waals surface area contributed by atoms with E-state index < -0.39 is 10.0 Å². The zero-order valence-corrected chi connectivity index (χ0v) is 8.77. The van der Waals surface area contributed by atoms with Crippen molar-refractivity contribution >= 4 is 27.2 Å². The molecule has 14 heavy (non-hydrogen) atoms. The van der Waals surface area contributed by atoms with Crippen LogP contribution in [0, 0.1) is 0 Å². The summed E-state index contributed by atoms with van der Waals surface area (Å²) in [5.41, 5.74) is 5.60. The first-order valence-electron chi connectivity index (χ1n) is 3.64. The average molecular weight is 235 g/mol. The minimum Gasteiger partial charge on any atom is -0.392 e. The normalized spacial score (nSPS) is 11.4. The highest BCUT2D eigenvalue weighted by Crippen LogP contribution is 1.95. The van der Waals surface area contributed by atoms with Crippen molar-refractivity contribution in [1.82, 2.24) is 9.88 Å². The predicted molar refractivity (Wildman–Crippen MR) is 53.9 cm³/mol. The standard InChI is InChI=1S/C6H9N3O3S2/c7-6(13)4-14(10,11)8-3-5-1-2-12-9-5/h1-2,8H,3-4H2,(H2,7,13). The van der Waals surface area contributed by atoms with Crippen LogP contribution in [-0.4, -0.2) is 24.3 Å². The van der Waals surface area contributed by atoms with E-state index in [9.17, 15) is 8.42 Å². The van der Waals surface area contributed by atoms with Crippen molar-refractivity contribution in [3.8, 4) is 0 Å². The van der Waals surface area contributed by atoms with Crippen molar-refractivity contribution in [3.05, 3.63) is 18.0 Å². The van der Waals surface area contributed by atoms with Gasteiger partial charge in [-0.25, -0.2) is 13.1 Å². The van der Waals surface area contributed by atoms with Gasteiger partial charge in [0.05, 0.1) is 17.2 Å². The molecule has 1 rings (SSSR count). The van der Waals surface area contributed by atoms with Gasteiger partial charge in [0.1, 0.15) is 12.0 Å². The lowest BCUT2D eigenvalue weighted by Crippen LogP contribution is -2.32. The minimum absolute atomic E-state index is 0.0709. The third kappa shape index (κ3) is 3.81. The highest BCUT2D eigenvalue weighted by atomic mass is 32.2. The van der Waals surface area contributed by atoms with Crippen LogP contribution in [0.5, 0.6) is 0 Å². The Morgan fingerprint density at radius 3 is 2.93 bits per heavy atom. The molecule has 1 aromatic rings. The van der Waals surface area contributed by atoms with Crippen molar-refractivity contribution in [2.45, 2.75) is 6.54 Å². The van der Waals surface area contributed by atoms with Gasteiger partial charge in [-0.1, -0.05) is 17.4 Å². The number of hydrogen-bond acceptors (Lipinski definition) is 5. The van der Waals surface area contributed by atoms with Gasteiger partial charge in [0.25, 0.3) is 0 Å². The molecule has 0 amide bonds. The molecule has 0 atom stereocenters. The Morgan fingerprint density at radius 2 is 2.43 bits per heavy atom. The Kier molecular flexibility index (Phi) is 3.55. The summed E-state index contributed by atoms with van der Waals surface area (Å²) in [5.74, 6) is -0.361. The molecule has 0 aliphatic carbocycles. The quantitative estimate of drug-likeness (QED) is 0.660. The molecule has 0 aromatic carbocycles. The fourth-order valence-electron chi connectivity index (χ4n) is 0.751. The Bertz CT molecular complexity index is 398. The van der Waals surface area contributed by atoms with Gasteiger partial charge in [0.15, 0.2) is 0 Å². The molecule has 8 heteroatoms. The number of nitrogens with zero attached hydrogens (tertiary/aromatic N) is 1. The molecule has 0 fully saturated rings. The monoisotopic (exact) mass is 235 g/mol. The molecule has 0 aliphatic heterocycles. The maximum Gasteiger partial charge on any atom is 0.218 e. The first kappa shape index (κ1) is 11.1. The van der Waals surface area contributed by atoms with Gasteiger partial charge in [-0.05, 0) is 0 Å². The second-order valence-corrected chi connectivity index (χ2v) is 4.87. The Morgan fingerprint density at radius 1 is 1.71 bits per heavy atom. The largest absolute Gasteiger partial charge is 0.392 e. The molecule has 0 radical (unpaired) electrons. The molecule has 6 nitrogen and oxygen atoms in total. The zero-order valence-electron chi connectivity index (χ0n) is 7.13. The van der Waals surface area contributed by atoms with E-state index in [4.69, 9.17) is 5.73 Å². The van der Waals surface area contributed by atoms with E-state index in [0.717, 1.165) is 0 Å². The average Bonchev–Trinajstić information content (AvgIpc) is 2.50. The minimum atomic E-state index is -3.45. The first-order chi connectivity index (χ1) is 6.49. The van der Waals surface area contributed by atoms with E-state index in [1.165, 1.54) is 6.26 Å². The molecule has 0 unspecified atom stereocenters. The van der Waals surface area contributed by atoms with E-state index >= 15 is 0 Å². The van der Waals surface area contributed by atoms with E-state index in [0.29, 0.717) is 5.69 Å². The number of nitrogens with one attached hydrogen (secondary N) is 1. The third-order valence-corrected chi connectivity index (χ3v) is 2.90. The summed E-state index contributed by atoms with van der Waals surface area (Å²) < 4.78 is 29.2. The summed E-state index contributed by atoms with van der Waals surface area (Å²) in [4.78, 5) is -0.0716. The molecular formula is C6H9N3O3S2. The fourth-order valence-corrected chi connectivity index (χ4v) is 2.06. The Balaban J connectivity index is 2.49. The molecule has 0 spiro atoms. The summed E-state index contributed by atoms with van der Waals surface area (Å²) in [6.07, 6.45) is 1.36. The van der Waals surface area contributed by atoms with Crippen LogP contribution in [0.25, 0.3) is 0 Å². The SMILES string of the molecule is NC(=S)CS(=O)(=O)NCc1ccon1. The van der Waals surface area contributed by atoms with Crippen molar-refractivity contribution < 1.29 is 12.9 Å². The molecule has 0 aliphatic rings. The van der Waals surface area contributed by atoms with Gasteiger partial charge in [0.2, 0.25) is 10.0 Å². The topological polar surface area (TPSA) is 98.2 Å². The van der Waals surface area contributed by atoms with Crippen LogP contribution in [0.4, 0.5) is 0 Å². The highest BCUT2D eigenvalue weighted by Gasteiger charge is 2.11. The van der Waals surface area contributed by atoms with Crippen LogP contribution in [0.15, 0.2) is 16.9 Å². The van der Waals surface area contributed by atoms with Gasteiger partial charge in [0, 0.05) is 6.07 Å². The van der Waals surface area contributed by atoms with Gasteiger partial charge < -0.3 is 10.3 Å². The number of thiocarbonyl (C=S) groups is 1. The Hall–Kier alpha value is -0.990. The maximum atomic E-state index is 11.2. The van der Waals surface area contributed by atoms with Crippen LogP contribution in [0.3, 0.4) is 0 Å². The molecular weight excluding hydrogens is 226 g/mol. The van der Waals surface area contributed by atoms with Crippen LogP contribution in [-0.2, 0) is 16.6 Å². The summed E-state index contributed by atoms with van der Waals surface area (Å²) in [5, 5.41) is 3.53. The summed E-state index contributed by atoms with van der Waals surface area (Å²) in [6.45, 7) is 0.0709. The van der Waals surface area contributed by atoms with E-state index in [-0.39, 0.29) is 17.3 Å². The predicted octanol–water partition coefficient (Wildman–Crippen LogP) is -0.620. The summed E-state index contributed by atoms with van der Waals surface area (Å²) >= 11 is 4.48. The number of rotatable bonds is 5. The van der Waals surface area contributed by atoms with E-state index in [1.807, 2.05) is 0 Å². The number of hydrogen-bond donors (Lipinski definition) is 2. The lowest BCUT2D eigenvalue weighted by atomic mass is 10.5. The molecule has 0 saturated carbocycles. The lowest BCUT2D eigenvalue weighted by molar-refractivity contribution is 0.411. The molecule has 0 bridgehead atoms. The zero-order chi connectivity index (χ0) is 10.6. The molecule has 78 valence electrons. The third-order valence-electron chi connectivity index (χ3n) is 1.30. The van der Waals surface area contributed by atoms with Crippen LogP contribution >= 0.6 is 12.2 Å². The molecule has 3 N–H and O–H groups in total.